The molecule has 2 atom stereocenters. The van der Waals surface area contributed by atoms with E-state index in [1.54, 1.807) is 0 Å². The van der Waals surface area contributed by atoms with E-state index in [1.165, 1.54) is 17.8 Å². The van der Waals surface area contributed by atoms with Crippen molar-refractivity contribution in [3.8, 4) is 0 Å². The molecule has 1 aliphatic heterocycles. The van der Waals surface area contributed by atoms with Crippen molar-refractivity contribution in [1.29, 1.82) is 0 Å². The first kappa shape index (κ1) is 9.55. The SMILES string of the molecule is CCC(C)C1=C([NH3+])C(C)NCN1. The summed E-state index contributed by atoms with van der Waals surface area (Å²) in [5.41, 5.74) is 6.64. The Morgan fingerprint density at radius 2 is 2.33 bits per heavy atom. The van der Waals surface area contributed by atoms with Gasteiger partial charge in [0.2, 0.25) is 0 Å². The molecule has 1 aliphatic rings. The molecule has 12 heavy (non-hydrogen) atoms. The van der Waals surface area contributed by atoms with Crippen LogP contribution in [0.15, 0.2) is 11.4 Å². The predicted octanol–water partition coefficient (Wildman–Crippen LogP) is 0.0248. The molecular formula is C9H20N3+. The van der Waals surface area contributed by atoms with Gasteiger partial charge in [0.15, 0.2) is 0 Å². The maximum absolute atomic E-state index is 4.08. The fourth-order valence-electron chi connectivity index (χ4n) is 1.46. The molecule has 2 unspecified atom stereocenters. The summed E-state index contributed by atoms with van der Waals surface area (Å²) in [4.78, 5) is 0. The molecule has 0 aromatic carbocycles. The van der Waals surface area contributed by atoms with E-state index in [0.717, 1.165) is 6.67 Å². The van der Waals surface area contributed by atoms with Gasteiger partial charge in [0.05, 0.1) is 18.4 Å². The molecule has 3 nitrogen and oxygen atoms in total. The van der Waals surface area contributed by atoms with Crippen molar-refractivity contribution in [3.63, 3.8) is 0 Å². The van der Waals surface area contributed by atoms with Crippen LogP contribution in [0.1, 0.15) is 27.2 Å². The lowest BCUT2D eigenvalue weighted by Gasteiger charge is -2.26. The highest BCUT2D eigenvalue weighted by Crippen LogP contribution is 2.15. The minimum absolute atomic E-state index is 0.426. The minimum Gasteiger partial charge on any atom is -0.371 e. The standard InChI is InChI=1S/C9H19N3/c1-4-6(2)9-8(10)7(3)11-5-12-9/h6-7,11-12H,4-5,10H2,1-3H3/p+1. The van der Waals surface area contributed by atoms with Gasteiger partial charge in [0.25, 0.3) is 0 Å². The van der Waals surface area contributed by atoms with Gasteiger partial charge in [0, 0.05) is 5.92 Å². The van der Waals surface area contributed by atoms with Crippen molar-refractivity contribution in [2.75, 3.05) is 6.67 Å². The molecule has 1 rings (SSSR count). The maximum atomic E-state index is 4.08. The molecule has 0 amide bonds. The van der Waals surface area contributed by atoms with E-state index >= 15 is 0 Å². The van der Waals surface area contributed by atoms with Gasteiger partial charge in [0.1, 0.15) is 5.70 Å². The third-order valence-corrected chi connectivity index (χ3v) is 2.66. The lowest BCUT2D eigenvalue weighted by atomic mass is 9.99. The van der Waals surface area contributed by atoms with Gasteiger partial charge >= 0.3 is 0 Å². The molecule has 1 heterocycles. The highest BCUT2D eigenvalue weighted by Gasteiger charge is 2.21. The molecule has 0 aliphatic carbocycles. The van der Waals surface area contributed by atoms with Crippen molar-refractivity contribution < 1.29 is 5.73 Å². The lowest BCUT2D eigenvalue weighted by molar-refractivity contribution is -0.314. The first-order valence-corrected chi connectivity index (χ1v) is 4.70. The summed E-state index contributed by atoms with van der Waals surface area (Å²) in [5, 5.41) is 6.67. The molecule has 70 valence electrons. The predicted molar refractivity (Wildman–Crippen MR) is 50.0 cm³/mol. The molecule has 5 N–H and O–H groups in total. The maximum Gasteiger partial charge on any atom is 0.140 e. The first-order valence-electron chi connectivity index (χ1n) is 4.70. The zero-order chi connectivity index (χ0) is 9.14. The van der Waals surface area contributed by atoms with Gasteiger partial charge in [-0.1, -0.05) is 13.8 Å². The second-order valence-corrected chi connectivity index (χ2v) is 3.53. The van der Waals surface area contributed by atoms with Crippen LogP contribution in [0.4, 0.5) is 0 Å². The number of allylic oxidation sites excluding steroid dienone is 1. The topological polar surface area (TPSA) is 51.7 Å². The number of quaternary nitrogens is 1. The van der Waals surface area contributed by atoms with Crippen LogP contribution >= 0.6 is 0 Å². The normalized spacial score (nSPS) is 26.8. The van der Waals surface area contributed by atoms with E-state index in [1.807, 2.05) is 0 Å². The monoisotopic (exact) mass is 170 g/mol. The van der Waals surface area contributed by atoms with E-state index in [2.05, 4.69) is 37.1 Å². The van der Waals surface area contributed by atoms with E-state index in [9.17, 15) is 0 Å². The average molecular weight is 170 g/mol. The van der Waals surface area contributed by atoms with Gasteiger partial charge in [-0.05, 0) is 13.3 Å². The molecular weight excluding hydrogens is 150 g/mol. The van der Waals surface area contributed by atoms with Crippen LogP contribution in [0.5, 0.6) is 0 Å². The van der Waals surface area contributed by atoms with E-state index in [-0.39, 0.29) is 0 Å². The van der Waals surface area contributed by atoms with Crippen molar-refractivity contribution in [1.82, 2.24) is 10.6 Å². The summed E-state index contributed by atoms with van der Waals surface area (Å²) in [7, 11) is 0. The Kier molecular flexibility index (Phi) is 3.12. The van der Waals surface area contributed by atoms with Gasteiger partial charge in [-0.15, -0.1) is 0 Å². The molecule has 0 aromatic heterocycles. The van der Waals surface area contributed by atoms with Crippen LogP contribution in [-0.2, 0) is 0 Å². The van der Waals surface area contributed by atoms with Crippen LogP contribution in [-0.4, -0.2) is 12.7 Å². The number of hydrogen-bond donors (Lipinski definition) is 3. The molecule has 0 saturated heterocycles. The Labute approximate surface area is 74.4 Å². The number of nitrogens with one attached hydrogen (secondary N) is 2. The van der Waals surface area contributed by atoms with Crippen molar-refractivity contribution in [2.24, 2.45) is 5.92 Å². The van der Waals surface area contributed by atoms with Crippen LogP contribution in [0.2, 0.25) is 0 Å². The summed E-state index contributed by atoms with van der Waals surface area (Å²) in [6.45, 7) is 7.48. The van der Waals surface area contributed by atoms with E-state index in [0.29, 0.717) is 12.0 Å². The van der Waals surface area contributed by atoms with Crippen LogP contribution < -0.4 is 16.4 Å². The van der Waals surface area contributed by atoms with Crippen LogP contribution in [0, 0.1) is 5.92 Å². The second kappa shape index (κ2) is 3.92. The molecule has 0 aromatic rings. The number of hydrogen-bond acceptors (Lipinski definition) is 2. The number of rotatable bonds is 2. The lowest BCUT2D eigenvalue weighted by Crippen LogP contribution is -2.61. The Morgan fingerprint density at radius 1 is 1.67 bits per heavy atom. The van der Waals surface area contributed by atoms with Crippen molar-refractivity contribution >= 4 is 0 Å². The summed E-state index contributed by atoms with van der Waals surface area (Å²) < 4.78 is 0. The zero-order valence-corrected chi connectivity index (χ0v) is 8.28. The quantitative estimate of drug-likeness (QED) is 0.547. The highest BCUT2D eigenvalue weighted by molar-refractivity contribution is 5.14. The Bertz CT molecular complexity index is 186. The summed E-state index contributed by atoms with van der Waals surface area (Å²) in [6.07, 6.45) is 1.17. The van der Waals surface area contributed by atoms with Crippen LogP contribution in [0.3, 0.4) is 0 Å². The zero-order valence-electron chi connectivity index (χ0n) is 8.28. The Hall–Kier alpha value is -0.540. The first-order chi connectivity index (χ1) is 5.66. The molecule has 0 radical (unpaired) electrons. The van der Waals surface area contributed by atoms with E-state index < -0.39 is 0 Å². The van der Waals surface area contributed by atoms with Crippen LogP contribution in [0.25, 0.3) is 0 Å². The molecule has 0 saturated carbocycles. The summed E-state index contributed by atoms with van der Waals surface area (Å²) in [5.74, 6) is 0.613. The largest absolute Gasteiger partial charge is 0.371 e. The smallest absolute Gasteiger partial charge is 0.140 e. The molecule has 0 bridgehead atoms. The van der Waals surface area contributed by atoms with E-state index in [4.69, 9.17) is 0 Å². The Morgan fingerprint density at radius 3 is 2.92 bits per heavy atom. The summed E-state index contributed by atoms with van der Waals surface area (Å²) >= 11 is 0. The van der Waals surface area contributed by atoms with Crippen molar-refractivity contribution in [2.45, 2.75) is 33.2 Å². The third-order valence-electron chi connectivity index (χ3n) is 2.66. The van der Waals surface area contributed by atoms with Gasteiger partial charge in [-0.3, -0.25) is 5.32 Å². The molecule has 3 heteroatoms. The Balaban J connectivity index is 2.77. The molecule has 0 spiro atoms. The van der Waals surface area contributed by atoms with Gasteiger partial charge in [-0.2, -0.15) is 0 Å². The molecule has 0 fully saturated rings. The van der Waals surface area contributed by atoms with Crippen molar-refractivity contribution in [3.05, 3.63) is 11.4 Å². The summed E-state index contributed by atoms with van der Waals surface area (Å²) in [6, 6.07) is 0.426. The minimum atomic E-state index is 0.426. The van der Waals surface area contributed by atoms with Gasteiger partial charge < -0.3 is 11.1 Å². The van der Waals surface area contributed by atoms with Gasteiger partial charge in [-0.25, -0.2) is 0 Å². The fraction of sp³-hybridized carbons (Fsp3) is 0.778. The average Bonchev–Trinajstić information content (AvgIpc) is 2.08. The third kappa shape index (κ3) is 1.79. The fourth-order valence-corrected chi connectivity index (χ4v) is 1.46. The second-order valence-electron chi connectivity index (χ2n) is 3.53. The highest BCUT2D eigenvalue weighted by atomic mass is 15.1.